The van der Waals surface area contributed by atoms with Crippen molar-refractivity contribution in [2.75, 3.05) is 6.54 Å². The van der Waals surface area contributed by atoms with E-state index in [2.05, 4.69) is 20.8 Å². The minimum atomic E-state index is -0.504. The molecule has 1 saturated heterocycles. The Morgan fingerprint density at radius 2 is 2.10 bits per heavy atom. The summed E-state index contributed by atoms with van der Waals surface area (Å²) in [6.45, 7) is 7.47. The van der Waals surface area contributed by atoms with Crippen molar-refractivity contribution in [3.8, 4) is 0 Å². The highest BCUT2D eigenvalue weighted by atomic mass is 35.5. The summed E-state index contributed by atoms with van der Waals surface area (Å²) in [4.78, 5) is 24.2. The lowest BCUT2D eigenvalue weighted by Gasteiger charge is -2.26. The molecule has 0 aliphatic carbocycles. The Hall–Kier alpha value is -1.62. The summed E-state index contributed by atoms with van der Waals surface area (Å²) in [5, 5.41) is 11.0. The van der Waals surface area contributed by atoms with Crippen molar-refractivity contribution in [2.24, 2.45) is 11.3 Å². The van der Waals surface area contributed by atoms with E-state index in [-0.39, 0.29) is 22.0 Å². The Labute approximate surface area is 129 Å². The van der Waals surface area contributed by atoms with Crippen LogP contribution in [0.4, 0.5) is 5.69 Å². The standard InChI is InChI=1S/C15H19ClN2O3/c1-15(2,3)11-7-14(19)17(9-11)8-10-4-5-12(16)13(6-10)18(20)21/h4-6,11H,7-9H2,1-3H3. The van der Waals surface area contributed by atoms with Crippen molar-refractivity contribution in [1.29, 1.82) is 0 Å². The van der Waals surface area contributed by atoms with Gasteiger partial charge in [0.1, 0.15) is 5.02 Å². The molecule has 1 fully saturated rings. The van der Waals surface area contributed by atoms with E-state index in [9.17, 15) is 14.9 Å². The first kappa shape index (κ1) is 15.8. The molecule has 0 radical (unpaired) electrons. The number of halogens is 1. The van der Waals surface area contributed by atoms with Gasteiger partial charge < -0.3 is 4.90 Å². The van der Waals surface area contributed by atoms with Crippen molar-refractivity contribution in [3.05, 3.63) is 38.9 Å². The zero-order valence-corrected chi connectivity index (χ0v) is 13.2. The van der Waals surface area contributed by atoms with Gasteiger partial charge in [0.2, 0.25) is 5.91 Å². The molecule has 2 rings (SSSR count). The van der Waals surface area contributed by atoms with Gasteiger partial charge in [-0.15, -0.1) is 0 Å². The molecular formula is C15H19ClN2O3. The average Bonchev–Trinajstić information content (AvgIpc) is 2.73. The number of nitro groups is 1. The first-order chi connectivity index (χ1) is 9.68. The maximum atomic E-state index is 12.1. The van der Waals surface area contributed by atoms with Crippen LogP contribution in [0.15, 0.2) is 18.2 Å². The molecular weight excluding hydrogens is 292 g/mol. The first-order valence-corrected chi connectivity index (χ1v) is 7.27. The zero-order chi connectivity index (χ0) is 15.8. The average molecular weight is 311 g/mol. The Kier molecular flexibility index (Phi) is 4.23. The van der Waals surface area contributed by atoms with E-state index >= 15 is 0 Å². The maximum absolute atomic E-state index is 12.1. The minimum Gasteiger partial charge on any atom is -0.338 e. The molecule has 1 aliphatic heterocycles. The predicted octanol–water partition coefficient (Wildman–Crippen LogP) is 3.64. The quantitative estimate of drug-likeness (QED) is 0.632. The van der Waals surface area contributed by atoms with E-state index in [1.54, 1.807) is 11.0 Å². The van der Waals surface area contributed by atoms with Crippen LogP contribution in [0, 0.1) is 21.4 Å². The molecule has 0 saturated carbocycles. The van der Waals surface area contributed by atoms with Crippen LogP contribution in [0.5, 0.6) is 0 Å². The third-order valence-corrected chi connectivity index (χ3v) is 4.34. The van der Waals surface area contributed by atoms with Crippen LogP contribution < -0.4 is 0 Å². The predicted molar refractivity (Wildman–Crippen MR) is 81.1 cm³/mol. The van der Waals surface area contributed by atoms with Crippen LogP contribution in [-0.2, 0) is 11.3 Å². The highest BCUT2D eigenvalue weighted by Gasteiger charge is 2.36. The molecule has 1 heterocycles. The lowest BCUT2D eigenvalue weighted by molar-refractivity contribution is -0.384. The van der Waals surface area contributed by atoms with Crippen LogP contribution in [-0.4, -0.2) is 22.3 Å². The van der Waals surface area contributed by atoms with Gasteiger partial charge in [0.05, 0.1) is 4.92 Å². The fourth-order valence-corrected chi connectivity index (χ4v) is 2.71. The Balaban J connectivity index is 2.14. The summed E-state index contributed by atoms with van der Waals surface area (Å²) in [6.07, 6.45) is 0.541. The monoisotopic (exact) mass is 310 g/mol. The van der Waals surface area contributed by atoms with Crippen LogP contribution in [0.3, 0.4) is 0 Å². The number of hydrogen-bond acceptors (Lipinski definition) is 3. The van der Waals surface area contributed by atoms with E-state index in [0.29, 0.717) is 25.4 Å². The van der Waals surface area contributed by atoms with Crippen molar-refractivity contribution >= 4 is 23.2 Å². The summed E-state index contributed by atoms with van der Waals surface area (Å²) in [7, 11) is 0. The van der Waals surface area contributed by atoms with Gasteiger partial charge in [0.25, 0.3) is 5.69 Å². The molecule has 114 valence electrons. The third-order valence-electron chi connectivity index (χ3n) is 4.02. The number of hydrogen-bond donors (Lipinski definition) is 0. The summed E-state index contributed by atoms with van der Waals surface area (Å²) >= 11 is 5.80. The summed E-state index contributed by atoms with van der Waals surface area (Å²) in [6, 6.07) is 4.68. The third kappa shape index (κ3) is 3.53. The van der Waals surface area contributed by atoms with Crippen LogP contribution >= 0.6 is 11.6 Å². The molecule has 21 heavy (non-hydrogen) atoms. The molecule has 1 aliphatic rings. The van der Waals surface area contributed by atoms with Gasteiger partial charge in [0.15, 0.2) is 0 Å². The normalized spacial score (nSPS) is 19.1. The SMILES string of the molecule is CC(C)(C)C1CC(=O)N(Cc2ccc(Cl)c([N+](=O)[O-])c2)C1. The van der Waals surface area contributed by atoms with Gasteiger partial charge in [-0.05, 0) is 23.0 Å². The summed E-state index contributed by atoms with van der Waals surface area (Å²) in [5.41, 5.74) is 0.693. The molecule has 0 N–H and O–H groups in total. The number of rotatable bonds is 3. The Morgan fingerprint density at radius 1 is 1.43 bits per heavy atom. The number of nitro benzene ring substituents is 1. The molecule has 0 bridgehead atoms. The largest absolute Gasteiger partial charge is 0.338 e. The second-order valence-electron chi connectivity index (χ2n) is 6.58. The molecule has 1 amide bonds. The lowest BCUT2D eigenvalue weighted by atomic mass is 9.80. The molecule has 1 aromatic rings. The summed E-state index contributed by atoms with van der Waals surface area (Å²) < 4.78 is 0. The summed E-state index contributed by atoms with van der Waals surface area (Å²) in [5.74, 6) is 0.416. The highest BCUT2D eigenvalue weighted by molar-refractivity contribution is 6.32. The molecule has 1 unspecified atom stereocenters. The molecule has 1 aromatic carbocycles. The number of benzene rings is 1. The number of amides is 1. The fraction of sp³-hybridized carbons (Fsp3) is 0.533. The molecule has 0 spiro atoms. The van der Waals surface area contributed by atoms with Gasteiger partial charge in [-0.25, -0.2) is 0 Å². The van der Waals surface area contributed by atoms with Gasteiger partial charge in [-0.3, -0.25) is 14.9 Å². The van der Waals surface area contributed by atoms with Gasteiger partial charge in [-0.1, -0.05) is 38.4 Å². The highest BCUT2D eigenvalue weighted by Crippen LogP contribution is 2.35. The number of carbonyl (C=O) groups excluding carboxylic acids is 1. The van der Waals surface area contributed by atoms with Crippen LogP contribution in [0.25, 0.3) is 0 Å². The number of nitrogens with zero attached hydrogens (tertiary/aromatic N) is 2. The molecule has 6 heteroatoms. The van der Waals surface area contributed by atoms with Crippen molar-refractivity contribution in [3.63, 3.8) is 0 Å². The van der Waals surface area contributed by atoms with Crippen molar-refractivity contribution in [1.82, 2.24) is 4.90 Å². The Morgan fingerprint density at radius 3 is 2.62 bits per heavy atom. The maximum Gasteiger partial charge on any atom is 0.288 e. The molecule has 5 nitrogen and oxygen atoms in total. The lowest BCUT2D eigenvalue weighted by Crippen LogP contribution is -2.27. The molecule has 0 aromatic heterocycles. The van der Waals surface area contributed by atoms with Crippen molar-refractivity contribution in [2.45, 2.75) is 33.7 Å². The van der Waals surface area contributed by atoms with E-state index in [4.69, 9.17) is 11.6 Å². The second kappa shape index (κ2) is 5.64. The van der Waals surface area contributed by atoms with Crippen LogP contribution in [0.2, 0.25) is 5.02 Å². The van der Waals surface area contributed by atoms with E-state index in [0.717, 1.165) is 5.56 Å². The number of carbonyl (C=O) groups is 1. The number of likely N-dealkylation sites (tertiary alicyclic amines) is 1. The van der Waals surface area contributed by atoms with E-state index in [1.165, 1.54) is 12.1 Å². The molecule has 1 atom stereocenters. The fourth-order valence-electron chi connectivity index (χ4n) is 2.52. The Bertz CT molecular complexity index is 581. The van der Waals surface area contributed by atoms with Gasteiger partial charge in [-0.2, -0.15) is 0 Å². The first-order valence-electron chi connectivity index (χ1n) is 6.89. The zero-order valence-electron chi connectivity index (χ0n) is 12.4. The van der Waals surface area contributed by atoms with Crippen molar-refractivity contribution < 1.29 is 9.72 Å². The smallest absolute Gasteiger partial charge is 0.288 e. The van der Waals surface area contributed by atoms with E-state index < -0.39 is 4.92 Å². The topological polar surface area (TPSA) is 63.5 Å². The van der Waals surface area contributed by atoms with E-state index in [1.807, 2.05) is 0 Å². The van der Waals surface area contributed by atoms with Gasteiger partial charge in [0, 0.05) is 25.6 Å². The van der Waals surface area contributed by atoms with Gasteiger partial charge >= 0.3 is 0 Å². The second-order valence-corrected chi connectivity index (χ2v) is 6.99. The van der Waals surface area contributed by atoms with Crippen LogP contribution in [0.1, 0.15) is 32.8 Å². The minimum absolute atomic E-state index is 0.0798.